The number of aromatic nitrogens is 4. The van der Waals surface area contributed by atoms with Crippen LogP contribution in [0.25, 0.3) is 16.9 Å². The van der Waals surface area contributed by atoms with E-state index in [-0.39, 0.29) is 12.6 Å². The van der Waals surface area contributed by atoms with Crippen LogP contribution in [-0.4, -0.2) is 75.6 Å². The first-order valence-corrected chi connectivity index (χ1v) is 16.1. The van der Waals surface area contributed by atoms with Crippen molar-refractivity contribution >= 4 is 27.6 Å². The van der Waals surface area contributed by atoms with Gasteiger partial charge in [0.1, 0.15) is 6.07 Å². The Balaban J connectivity index is 1.27. The number of aliphatic hydroxyl groups excluding tert-OH is 1. The molecule has 1 aliphatic carbocycles. The lowest BCUT2D eigenvalue weighted by atomic mass is 9.85. The van der Waals surface area contributed by atoms with Crippen molar-refractivity contribution < 1.29 is 13.5 Å². The number of hydrogen-bond acceptors (Lipinski definition) is 9. The Kier molecular flexibility index (Phi) is 9.21. The molecule has 1 saturated heterocycles. The minimum atomic E-state index is -3.20. The van der Waals surface area contributed by atoms with E-state index in [1.807, 2.05) is 18.2 Å². The van der Waals surface area contributed by atoms with Gasteiger partial charge >= 0.3 is 0 Å². The molecule has 1 unspecified atom stereocenters. The normalized spacial score (nSPS) is 20.5. The molecule has 0 spiro atoms. The van der Waals surface area contributed by atoms with Crippen molar-refractivity contribution in [2.45, 2.75) is 57.2 Å². The quantitative estimate of drug-likeness (QED) is 0.337. The number of benzene rings is 1. The van der Waals surface area contributed by atoms with Gasteiger partial charge in [-0.2, -0.15) is 10.4 Å². The van der Waals surface area contributed by atoms with E-state index in [1.54, 1.807) is 17.1 Å². The molecule has 5 rings (SSSR count). The second kappa shape index (κ2) is 12.8. The molecule has 0 amide bonds. The first-order chi connectivity index (χ1) is 19.7. The fourth-order valence-corrected chi connectivity index (χ4v) is 6.80. The second-order valence-electron chi connectivity index (χ2n) is 10.8. The van der Waals surface area contributed by atoms with Crippen molar-refractivity contribution in [2.75, 3.05) is 31.3 Å². The van der Waals surface area contributed by atoms with Crippen LogP contribution >= 0.6 is 11.6 Å². The lowest BCUT2D eigenvalue weighted by Crippen LogP contribution is -2.42. The van der Waals surface area contributed by atoms with Gasteiger partial charge in [-0.25, -0.2) is 27.4 Å². The number of piperidine rings is 1. The number of nitrogens with one attached hydrogen (secondary N) is 2. The smallest absolute Gasteiger partial charge is 0.223 e. The number of nitriles is 1. The van der Waals surface area contributed by atoms with Crippen molar-refractivity contribution in [1.29, 1.82) is 5.26 Å². The van der Waals surface area contributed by atoms with E-state index in [0.717, 1.165) is 18.4 Å². The van der Waals surface area contributed by atoms with Crippen LogP contribution < -0.4 is 10.6 Å². The fourth-order valence-electron chi connectivity index (χ4n) is 5.63. The largest absolute Gasteiger partial charge is 0.396 e. The molecule has 2 aromatic heterocycles. The van der Waals surface area contributed by atoms with Crippen LogP contribution in [0.15, 0.2) is 36.8 Å². The molecule has 1 saturated carbocycles. The van der Waals surface area contributed by atoms with Gasteiger partial charge < -0.3 is 15.7 Å². The molecule has 3 heterocycles. The Morgan fingerprint density at radius 1 is 1.17 bits per heavy atom. The van der Waals surface area contributed by atoms with Gasteiger partial charge in [0.2, 0.25) is 16.0 Å². The molecule has 13 heteroatoms. The number of rotatable bonds is 9. The van der Waals surface area contributed by atoms with Crippen molar-refractivity contribution in [1.82, 2.24) is 29.4 Å². The molecule has 41 heavy (non-hydrogen) atoms. The Morgan fingerprint density at radius 2 is 1.95 bits per heavy atom. The molecule has 1 aliphatic heterocycles. The third-order valence-corrected chi connectivity index (χ3v) is 9.60. The predicted octanol–water partition coefficient (Wildman–Crippen LogP) is 3.33. The number of nitrogens with zero attached hydrogens (tertiary/aromatic N) is 6. The summed E-state index contributed by atoms with van der Waals surface area (Å²) < 4.78 is 26.7. The molecular weight excluding hydrogens is 564 g/mol. The van der Waals surface area contributed by atoms with Crippen LogP contribution in [0.5, 0.6) is 0 Å². The van der Waals surface area contributed by atoms with Gasteiger partial charge in [-0.3, -0.25) is 0 Å². The Hall–Kier alpha value is -3.08. The highest BCUT2D eigenvalue weighted by Gasteiger charge is 2.26. The zero-order valence-electron chi connectivity index (χ0n) is 23.0. The van der Waals surface area contributed by atoms with E-state index < -0.39 is 10.0 Å². The molecule has 218 valence electrons. The molecule has 2 atom stereocenters. The van der Waals surface area contributed by atoms with Gasteiger partial charge in [0.05, 0.1) is 40.6 Å². The minimum absolute atomic E-state index is 0.0240. The lowest BCUT2D eigenvalue weighted by molar-refractivity contribution is 0.152. The van der Waals surface area contributed by atoms with E-state index in [2.05, 4.69) is 31.8 Å². The third kappa shape index (κ3) is 7.05. The number of hydrogen-bond donors (Lipinski definition) is 3. The molecular formula is C28H35ClN8O3S. The zero-order chi connectivity index (χ0) is 29.0. The van der Waals surface area contributed by atoms with Crippen LogP contribution in [0.2, 0.25) is 5.02 Å². The summed E-state index contributed by atoms with van der Waals surface area (Å²) in [5, 5.41) is 31.3. The fraction of sp³-hybridized carbons (Fsp3) is 0.500. The molecule has 0 bridgehead atoms. The maximum absolute atomic E-state index is 11.8. The summed E-state index contributed by atoms with van der Waals surface area (Å²) in [6.45, 7) is 1.75. The van der Waals surface area contributed by atoms with Crippen molar-refractivity contribution in [3.8, 4) is 23.0 Å². The summed E-state index contributed by atoms with van der Waals surface area (Å²) in [4.78, 5) is 8.91. The lowest BCUT2D eigenvalue weighted by Gasteiger charge is -2.31. The average molecular weight is 599 g/mol. The number of anilines is 1. The van der Waals surface area contributed by atoms with Gasteiger partial charge in [0.25, 0.3) is 0 Å². The SMILES string of the molecule is CS(=O)(=O)N1CCC(Nc2ncc(C#N)c(-c3cnn(-c4ccc(CNC5CCCC[C@H]5CO)cc4Cl)c3)n2)CC1. The van der Waals surface area contributed by atoms with Gasteiger partial charge in [-0.05, 0) is 49.3 Å². The standard InChI is InChI=1S/C28H35ClN8O3S/c1-41(39,40)36-10-8-23(9-11-36)34-28-32-15-21(13-30)27(35-28)22-16-33-37(17-22)26-7-6-19(12-24(26)29)14-31-25-5-3-2-4-20(25)18-38/h6-7,12,15-17,20,23,25,31,38H,2-5,8-11,14,18H2,1H3,(H,32,34,35)/t20-,25?/m0/s1. The minimum Gasteiger partial charge on any atom is -0.396 e. The Morgan fingerprint density at radius 3 is 2.66 bits per heavy atom. The predicted molar refractivity (Wildman–Crippen MR) is 157 cm³/mol. The van der Waals surface area contributed by atoms with Gasteiger partial charge in [0.15, 0.2) is 0 Å². The van der Waals surface area contributed by atoms with E-state index in [0.29, 0.717) is 77.9 Å². The molecule has 11 nitrogen and oxygen atoms in total. The van der Waals surface area contributed by atoms with E-state index >= 15 is 0 Å². The topological polar surface area (TPSA) is 149 Å². The highest BCUT2D eigenvalue weighted by molar-refractivity contribution is 7.88. The van der Waals surface area contributed by atoms with Crippen LogP contribution in [0.4, 0.5) is 5.95 Å². The summed E-state index contributed by atoms with van der Waals surface area (Å²) in [5.41, 5.74) is 3.17. The Bertz CT molecular complexity index is 1510. The summed E-state index contributed by atoms with van der Waals surface area (Å²) >= 11 is 6.67. The highest BCUT2D eigenvalue weighted by atomic mass is 35.5. The highest BCUT2D eigenvalue weighted by Crippen LogP contribution is 2.28. The first kappa shape index (κ1) is 29.4. The van der Waals surface area contributed by atoms with E-state index in [4.69, 9.17) is 11.6 Å². The maximum atomic E-state index is 11.8. The number of halogens is 1. The third-order valence-electron chi connectivity index (χ3n) is 7.99. The van der Waals surface area contributed by atoms with Crippen molar-refractivity contribution in [2.24, 2.45) is 5.92 Å². The number of sulfonamides is 1. The van der Waals surface area contributed by atoms with Crippen LogP contribution in [0.3, 0.4) is 0 Å². The Labute approximate surface area is 245 Å². The first-order valence-electron chi connectivity index (χ1n) is 13.9. The maximum Gasteiger partial charge on any atom is 0.223 e. The molecule has 3 N–H and O–H groups in total. The molecule has 0 radical (unpaired) electrons. The number of aliphatic hydroxyl groups is 1. The van der Waals surface area contributed by atoms with Crippen LogP contribution in [-0.2, 0) is 16.6 Å². The summed E-state index contributed by atoms with van der Waals surface area (Å²) in [6.07, 6.45) is 11.9. The molecule has 3 aromatic rings. The summed E-state index contributed by atoms with van der Waals surface area (Å²) in [6, 6.07) is 8.33. The zero-order valence-corrected chi connectivity index (χ0v) is 24.6. The van der Waals surface area contributed by atoms with Crippen molar-refractivity contribution in [3.63, 3.8) is 0 Å². The summed E-state index contributed by atoms with van der Waals surface area (Å²) in [5.74, 6) is 0.672. The average Bonchev–Trinajstić information content (AvgIpc) is 3.46. The van der Waals surface area contributed by atoms with Gasteiger partial charge in [0, 0.05) is 50.1 Å². The molecule has 2 aliphatic rings. The molecule has 2 fully saturated rings. The summed E-state index contributed by atoms with van der Waals surface area (Å²) in [7, 11) is -3.20. The van der Waals surface area contributed by atoms with Gasteiger partial charge in [-0.15, -0.1) is 0 Å². The second-order valence-corrected chi connectivity index (χ2v) is 13.2. The van der Waals surface area contributed by atoms with Gasteiger partial charge in [-0.1, -0.05) is 30.5 Å². The molecule has 1 aromatic carbocycles. The monoisotopic (exact) mass is 598 g/mol. The van der Waals surface area contributed by atoms with E-state index in [9.17, 15) is 18.8 Å². The van der Waals surface area contributed by atoms with Crippen LogP contribution in [0.1, 0.15) is 49.7 Å². The van der Waals surface area contributed by atoms with Crippen molar-refractivity contribution in [3.05, 3.63) is 52.9 Å². The van der Waals surface area contributed by atoms with E-state index in [1.165, 1.54) is 29.6 Å². The van der Waals surface area contributed by atoms with Crippen LogP contribution in [0, 0.1) is 17.2 Å².